The molecule has 0 aromatic carbocycles. The Balaban J connectivity index is 0.000000255. The Kier molecular flexibility index (Phi) is 8.51. The number of amides is 1. The van der Waals surface area contributed by atoms with E-state index in [2.05, 4.69) is 5.32 Å². The molecule has 0 unspecified atom stereocenters. The van der Waals surface area contributed by atoms with Gasteiger partial charge in [0.15, 0.2) is 0 Å². The Bertz CT molecular complexity index is 147. The monoisotopic (exact) mass is 204 g/mol. The van der Waals surface area contributed by atoms with Crippen LogP contribution >= 0.6 is 0 Å². The predicted molar refractivity (Wildman–Crippen MR) is 53.8 cm³/mol. The number of morpholine rings is 1. The van der Waals surface area contributed by atoms with Crippen molar-refractivity contribution in [3.05, 3.63) is 0 Å². The second kappa shape index (κ2) is 8.93. The number of aliphatic hydroxyl groups excluding tert-OH is 1. The Hall–Kier alpha value is -0.650. The molecule has 0 radical (unpaired) electrons. The lowest BCUT2D eigenvalue weighted by molar-refractivity contribution is -0.118. The van der Waals surface area contributed by atoms with E-state index in [1.165, 1.54) is 6.92 Å². The average molecular weight is 204 g/mol. The maximum atomic E-state index is 9.93. The third kappa shape index (κ3) is 7.97. The smallest absolute Gasteiger partial charge is 0.216 e. The number of carbonyl (C=O) groups is 1. The van der Waals surface area contributed by atoms with Crippen molar-refractivity contribution in [1.82, 2.24) is 10.2 Å². The number of hydrogen-bond donors (Lipinski definition) is 2. The largest absolute Gasteiger partial charge is 0.381 e. The molecule has 1 fully saturated rings. The topological polar surface area (TPSA) is 61.8 Å². The highest BCUT2D eigenvalue weighted by atomic mass is 16.5. The lowest BCUT2D eigenvalue weighted by atomic mass is 10.5. The fraction of sp³-hybridized carbons (Fsp3) is 0.889. The van der Waals surface area contributed by atoms with Crippen molar-refractivity contribution in [3.63, 3.8) is 0 Å². The minimum absolute atomic E-state index is 0.0394. The zero-order chi connectivity index (χ0) is 10.8. The van der Waals surface area contributed by atoms with Gasteiger partial charge in [0, 0.05) is 26.6 Å². The van der Waals surface area contributed by atoms with Crippen LogP contribution < -0.4 is 5.32 Å². The molecule has 0 aromatic heterocycles. The van der Waals surface area contributed by atoms with Crippen LogP contribution in [0.3, 0.4) is 0 Å². The highest BCUT2D eigenvalue weighted by Gasteiger charge is 2.06. The molecular formula is C9H20N2O3. The average Bonchev–Trinajstić information content (AvgIpc) is 2.20. The van der Waals surface area contributed by atoms with Gasteiger partial charge in [0.05, 0.1) is 19.9 Å². The third-order valence-corrected chi connectivity index (χ3v) is 1.73. The number of rotatable bonds is 2. The van der Waals surface area contributed by atoms with Crippen molar-refractivity contribution in [3.8, 4) is 0 Å². The van der Waals surface area contributed by atoms with Crippen molar-refractivity contribution < 1.29 is 14.6 Å². The molecule has 0 spiro atoms. The molecule has 14 heavy (non-hydrogen) atoms. The summed E-state index contributed by atoms with van der Waals surface area (Å²) < 4.78 is 5.05. The molecule has 84 valence electrons. The Morgan fingerprint density at radius 1 is 1.50 bits per heavy atom. The number of carbonyl (C=O) groups excluding carboxylic acids is 1. The maximum absolute atomic E-state index is 9.93. The van der Waals surface area contributed by atoms with Gasteiger partial charge in [-0.05, 0) is 6.92 Å². The minimum Gasteiger partial charge on any atom is -0.381 e. The Morgan fingerprint density at radius 3 is 2.29 bits per heavy atom. The van der Waals surface area contributed by atoms with Gasteiger partial charge in [0.2, 0.25) is 5.91 Å². The van der Waals surface area contributed by atoms with Gasteiger partial charge < -0.3 is 15.2 Å². The van der Waals surface area contributed by atoms with E-state index in [1.54, 1.807) is 0 Å². The van der Waals surface area contributed by atoms with Crippen molar-refractivity contribution >= 4 is 5.91 Å². The van der Waals surface area contributed by atoms with Gasteiger partial charge in [0.1, 0.15) is 0 Å². The highest BCUT2D eigenvalue weighted by Crippen LogP contribution is 1.92. The van der Waals surface area contributed by atoms with Crippen molar-refractivity contribution in [2.45, 2.75) is 13.8 Å². The molecule has 0 bridgehead atoms. The van der Waals surface area contributed by atoms with Crippen LogP contribution in [0, 0.1) is 0 Å². The molecular weight excluding hydrogens is 184 g/mol. The van der Waals surface area contributed by atoms with Crippen molar-refractivity contribution in [1.29, 1.82) is 0 Å². The van der Waals surface area contributed by atoms with Gasteiger partial charge in [-0.15, -0.1) is 0 Å². The molecule has 1 saturated heterocycles. The summed E-state index contributed by atoms with van der Waals surface area (Å²) in [6.45, 7) is 7.57. The highest BCUT2D eigenvalue weighted by molar-refractivity contribution is 5.72. The molecule has 0 saturated carbocycles. The summed E-state index contributed by atoms with van der Waals surface area (Å²) in [7, 11) is 0. The van der Waals surface area contributed by atoms with Crippen molar-refractivity contribution in [2.75, 3.05) is 39.6 Å². The van der Waals surface area contributed by atoms with Crippen LogP contribution in [0.2, 0.25) is 0 Å². The molecule has 2 N–H and O–H groups in total. The molecule has 1 aliphatic heterocycles. The van der Waals surface area contributed by atoms with Crippen LogP contribution in [0.25, 0.3) is 0 Å². The first-order valence-corrected chi connectivity index (χ1v) is 4.86. The molecule has 1 aliphatic rings. The first kappa shape index (κ1) is 13.4. The van der Waals surface area contributed by atoms with Crippen LogP contribution in [0.1, 0.15) is 13.8 Å². The first-order chi connectivity index (χ1) is 6.70. The van der Waals surface area contributed by atoms with Crippen LogP contribution in [0.5, 0.6) is 0 Å². The number of nitrogens with zero attached hydrogens (tertiary/aromatic N) is 1. The van der Waals surface area contributed by atoms with Gasteiger partial charge in [-0.25, -0.2) is 0 Å². The third-order valence-electron chi connectivity index (χ3n) is 1.73. The summed E-state index contributed by atoms with van der Waals surface area (Å²) in [6, 6.07) is 0. The summed E-state index contributed by atoms with van der Waals surface area (Å²) >= 11 is 0. The number of ether oxygens (including phenoxy) is 1. The van der Waals surface area contributed by atoms with Crippen LogP contribution in [-0.2, 0) is 9.53 Å². The zero-order valence-corrected chi connectivity index (χ0v) is 8.95. The van der Waals surface area contributed by atoms with Crippen molar-refractivity contribution in [2.24, 2.45) is 0 Å². The molecule has 0 aromatic rings. The van der Waals surface area contributed by atoms with Gasteiger partial charge in [0.25, 0.3) is 0 Å². The molecule has 5 heteroatoms. The van der Waals surface area contributed by atoms with E-state index in [0.29, 0.717) is 0 Å². The van der Waals surface area contributed by atoms with E-state index in [-0.39, 0.29) is 12.6 Å². The Morgan fingerprint density at radius 2 is 2.07 bits per heavy atom. The molecule has 1 rings (SSSR count). The SMILES string of the molecule is CCNC(C)=O.OCN1CCOCC1. The summed E-state index contributed by atoms with van der Waals surface area (Å²) in [5.41, 5.74) is 0. The summed E-state index contributed by atoms with van der Waals surface area (Å²) in [5.74, 6) is 0.0394. The second-order valence-electron chi connectivity index (χ2n) is 2.96. The molecule has 5 nitrogen and oxygen atoms in total. The van der Waals surface area contributed by atoms with Crippen LogP contribution in [-0.4, -0.2) is 55.5 Å². The Labute approximate surface area is 85.0 Å². The number of nitrogens with one attached hydrogen (secondary N) is 1. The second-order valence-corrected chi connectivity index (χ2v) is 2.96. The molecule has 1 heterocycles. The lowest BCUT2D eigenvalue weighted by Gasteiger charge is -2.23. The van der Waals surface area contributed by atoms with Crippen LogP contribution in [0.4, 0.5) is 0 Å². The predicted octanol–water partition coefficient (Wildman–Crippen LogP) is -0.589. The standard InChI is InChI=1S/C5H11NO2.C4H9NO/c7-5-6-1-3-8-4-2-6;1-3-5-4(2)6/h7H,1-5H2;3H2,1-2H3,(H,5,6). The van der Waals surface area contributed by atoms with Crippen LogP contribution in [0.15, 0.2) is 0 Å². The quantitative estimate of drug-likeness (QED) is 0.631. The summed E-state index contributed by atoms with van der Waals surface area (Å²) in [5, 5.41) is 11.1. The maximum Gasteiger partial charge on any atom is 0.216 e. The lowest BCUT2D eigenvalue weighted by Crippen LogP contribution is -2.36. The summed E-state index contributed by atoms with van der Waals surface area (Å²) in [4.78, 5) is 11.9. The normalized spacial score (nSPS) is 16.8. The van der Waals surface area contributed by atoms with Gasteiger partial charge in [-0.1, -0.05) is 0 Å². The fourth-order valence-corrected chi connectivity index (χ4v) is 0.992. The van der Waals surface area contributed by atoms with E-state index in [9.17, 15) is 4.79 Å². The van der Waals surface area contributed by atoms with E-state index < -0.39 is 0 Å². The van der Waals surface area contributed by atoms with E-state index >= 15 is 0 Å². The molecule has 1 amide bonds. The van der Waals surface area contributed by atoms with E-state index in [1.807, 2.05) is 11.8 Å². The number of aliphatic hydroxyl groups is 1. The molecule has 0 aliphatic carbocycles. The van der Waals surface area contributed by atoms with Gasteiger partial charge >= 0.3 is 0 Å². The van der Waals surface area contributed by atoms with Gasteiger partial charge in [-0.3, -0.25) is 9.69 Å². The summed E-state index contributed by atoms with van der Waals surface area (Å²) in [6.07, 6.45) is 0. The molecule has 0 atom stereocenters. The van der Waals surface area contributed by atoms with Gasteiger partial charge in [-0.2, -0.15) is 0 Å². The first-order valence-electron chi connectivity index (χ1n) is 4.86. The fourth-order valence-electron chi connectivity index (χ4n) is 0.992. The van der Waals surface area contributed by atoms with E-state index in [0.717, 1.165) is 32.8 Å². The number of hydrogen-bond acceptors (Lipinski definition) is 4. The zero-order valence-electron chi connectivity index (χ0n) is 8.95. The van der Waals surface area contributed by atoms with E-state index in [4.69, 9.17) is 9.84 Å². The minimum atomic E-state index is 0.0394.